The highest BCUT2D eigenvalue weighted by Crippen LogP contribution is 2.42. The molecule has 1 aliphatic heterocycles. The Balaban J connectivity index is 2.10. The minimum Gasteiger partial charge on any atom is -0.476 e. The van der Waals surface area contributed by atoms with Crippen LogP contribution in [0.5, 0.6) is 0 Å². The number of aromatic nitrogens is 1. The van der Waals surface area contributed by atoms with E-state index >= 15 is 0 Å². The molecule has 4 nitrogen and oxygen atoms in total. The lowest BCUT2D eigenvalue weighted by molar-refractivity contribution is 0.0691. The van der Waals surface area contributed by atoms with Crippen LogP contribution in [0.25, 0.3) is 22.0 Å². The van der Waals surface area contributed by atoms with Gasteiger partial charge in [0.1, 0.15) is 5.50 Å². The molecule has 2 aromatic carbocycles. The van der Waals surface area contributed by atoms with Crippen LogP contribution in [0.2, 0.25) is 5.02 Å². The number of fused-ring (bicyclic) bond motifs is 1. The zero-order valence-electron chi connectivity index (χ0n) is 14.5. The zero-order chi connectivity index (χ0) is 19.0. The van der Waals surface area contributed by atoms with Gasteiger partial charge < -0.3 is 10.0 Å². The Morgan fingerprint density at radius 2 is 1.96 bits per heavy atom. The number of rotatable bonds is 3. The predicted octanol–water partition coefficient (Wildman–Crippen LogP) is 5.81. The van der Waals surface area contributed by atoms with Gasteiger partial charge in [-0.3, -0.25) is 0 Å². The molecule has 0 bridgehead atoms. The van der Waals surface area contributed by atoms with Gasteiger partial charge in [-0.15, -0.1) is 0 Å². The molecule has 27 heavy (non-hydrogen) atoms. The summed E-state index contributed by atoms with van der Waals surface area (Å²) in [6.07, 6.45) is 2.80. The van der Waals surface area contributed by atoms with Crippen molar-refractivity contribution in [1.29, 1.82) is 0 Å². The number of benzene rings is 2. The van der Waals surface area contributed by atoms with Crippen molar-refractivity contribution in [3.8, 4) is 11.1 Å². The molecule has 3 aromatic rings. The van der Waals surface area contributed by atoms with Crippen LogP contribution in [0.3, 0.4) is 0 Å². The van der Waals surface area contributed by atoms with Gasteiger partial charge in [0.05, 0.1) is 11.2 Å². The average Bonchev–Trinajstić information content (AvgIpc) is 2.67. The first-order valence-corrected chi connectivity index (χ1v) is 9.70. The highest BCUT2D eigenvalue weighted by atomic mass is 35.5. The first-order chi connectivity index (χ1) is 13.1. The molecule has 138 valence electrons. The lowest BCUT2D eigenvalue weighted by atomic mass is 9.95. The van der Waals surface area contributed by atoms with E-state index in [2.05, 4.69) is 4.98 Å². The number of carboxylic acid groups (broad SMARTS) is 1. The summed E-state index contributed by atoms with van der Waals surface area (Å²) < 4.78 is 0. The second kappa shape index (κ2) is 7.37. The maximum atomic E-state index is 12.1. The van der Waals surface area contributed by atoms with Gasteiger partial charge in [-0.2, -0.15) is 0 Å². The SMILES string of the molecule is O=C(O)c1nc2ccccc2c(-c2cccc(Cl)c2)c1N1CCCCC1Cl. The van der Waals surface area contributed by atoms with E-state index in [1.54, 1.807) is 6.07 Å². The number of hydrogen-bond donors (Lipinski definition) is 1. The molecule has 1 N–H and O–H groups in total. The van der Waals surface area contributed by atoms with Crippen LogP contribution in [0, 0.1) is 0 Å². The molecule has 4 rings (SSSR count). The Morgan fingerprint density at radius 1 is 1.15 bits per heavy atom. The largest absolute Gasteiger partial charge is 0.476 e. The maximum Gasteiger partial charge on any atom is 0.356 e. The van der Waals surface area contributed by atoms with Crippen molar-refractivity contribution in [2.45, 2.75) is 24.8 Å². The van der Waals surface area contributed by atoms with Crippen LogP contribution in [0.15, 0.2) is 48.5 Å². The number of alkyl halides is 1. The van der Waals surface area contributed by atoms with E-state index in [4.69, 9.17) is 23.2 Å². The third-order valence-electron chi connectivity index (χ3n) is 4.90. The Hall–Kier alpha value is -2.30. The van der Waals surface area contributed by atoms with Gasteiger partial charge in [0.2, 0.25) is 0 Å². The maximum absolute atomic E-state index is 12.1. The van der Waals surface area contributed by atoms with E-state index in [1.165, 1.54) is 0 Å². The predicted molar refractivity (Wildman–Crippen MR) is 110 cm³/mol. The number of carbonyl (C=O) groups is 1. The normalized spacial score (nSPS) is 17.3. The fourth-order valence-electron chi connectivity index (χ4n) is 3.71. The molecular weight excluding hydrogens is 383 g/mol. The molecule has 1 atom stereocenters. The fraction of sp³-hybridized carbons (Fsp3) is 0.238. The van der Waals surface area contributed by atoms with Crippen molar-refractivity contribution in [1.82, 2.24) is 4.98 Å². The van der Waals surface area contributed by atoms with Crippen molar-refractivity contribution in [2.24, 2.45) is 0 Å². The summed E-state index contributed by atoms with van der Waals surface area (Å²) >= 11 is 12.9. The van der Waals surface area contributed by atoms with Crippen LogP contribution in [-0.4, -0.2) is 28.1 Å². The Morgan fingerprint density at radius 3 is 2.70 bits per heavy atom. The molecule has 1 saturated heterocycles. The number of pyridine rings is 1. The van der Waals surface area contributed by atoms with Gasteiger partial charge in [-0.1, -0.05) is 53.5 Å². The molecule has 0 radical (unpaired) electrons. The summed E-state index contributed by atoms with van der Waals surface area (Å²) in [6.45, 7) is 0.696. The topological polar surface area (TPSA) is 53.4 Å². The van der Waals surface area contributed by atoms with Gasteiger partial charge in [0.15, 0.2) is 5.69 Å². The number of piperidine rings is 1. The molecule has 0 amide bonds. The summed E-state index contributed by atoms with van der Waals surface area (Å²) in [5.74, 6) is -1.06. The molecule has 1 aromatic heterocycles. The third kappa shape index (κ3) is 3.35. The third-order valence-corrected chi connectivity index (χ3v) is 5.59. The number of carboxylic acids is 1. The van der Waals surface area contributed by atoms with Crippen molar-refractivity contribution >= 4 is 45.8 Å². The first kappa shape index (κ1) is 18.1. The van der Waals surface area contributed by atoms with Gasteiger partial charge >= 0.3 is 5.97 Å². The minimum absolute atomic E-state index is 0.0243. The number of anilines is 1. The lowest BCUT2D eigenvalue weighted by Gasteiger charge is -2.36. The second-order valence-electron chi connectivity index (χ2n) is 6.64. The molecule has 6 heteroatoms. The van der Waals surface area contributed by atoms with Gasteiger partial charge in [-0.25, -0.2) is 9.78 Å². The highest BCUT2D eigenvalue weighted by molar-refractivity contribution is 6.31. The van der Waals surface area contributed by atoms with Crippen LogP contribution >= 0.6 is 23.2 Å². The van der Waals surface area contributed by atoms with E-state index in [9.17, 15) is 9.90 Å². The molecule has 0 saturated carbocycles. The Labute approximate surface area is 167 Å². The standard InChI is InChI=1S/C21H18Cl2N2O2/c22-14-7-5-6-13(12-14)18-15-8-1-2-9-16(15)24-19(21(26)27)20(18)25-11-4-3-10-17(25)23/h1-2,5-9,12,17H,3-4,10-11H2,(H,26,27). The Kier molecular flexibility index (Phi) is 4.94. The van der Waals surface area contributed by atoms with Crippen molar-refractivity contribution in [3.63, 3.8) is 0 Å². The second-order valence-corrected chi connectivity index (χ2v) is 7.58. The van der Waals surface area contributed by atoms with E-state index in [0.29, 0.717) is 22.8 Å². The van der Waals surface area contributed by atoms with E-state index < -0.39 is 5.97 Å². The van der Waals surface area contributed by atoms with Gasteiger partial charge in [0, 0.05) is 22.5 Å². The number of para-hydroxylation sites is 1. The summed E-state index contributed by atoms with van der Waals surface area (Å²) in [5.41, 5.74) is 2.63. The Bertz CT molecular complexity index is 1020. The zero-order valence-corrected chi connectivity index (χ0v) is 16.0. The summed E-state index contributed by atoms with van der Waals surface area (Å²) in [4.78, 5) is 18.5. The monoisotopic (exact) mass is 400 g/mol. The number of aromatic carboxylic acids is 1. The van der Waals surface area contributed by atoms with Crippen molar-refractivity contribution in [3.05, 3.63) is 59.2 Å². The first-order valence-electron chi connectivity index (χ1n) is 8.89. The molecule has 0 aliphatic carbocycles. The number of nitrogens with zero attached hydrogens (tertiary/aromatic N) is 2. The molecule has 2 heterocycles. The molecule has 1 fully saturated rings. The van der Waals surface area contributed by atoms with Crippen LogP contribution in [0.4, 0.5) is 5.69 Å². The summed E-state index contributed by atoms with van der Waals surface area (Å²) in [7, 11) is 0. The van der Waals surface area contributed by atoms with Crippen LogP contribution < -0.4 is 4.90 Å². The van der Waals surface area contributed by atoms with E-state index in [0.717, 1.165) is 35.8 Å². The number of hydrogen-bond acceptors (Lipinski definition) is 3. The van der Waals surface area contributed by atoms with E-state index in [1.807, 2.05) is 47.4 Å². The van der Waals surface area contributed by atoms with Crippen molar-refractivity contribution < 1.29 is 9.90 Å². The fourth-order valence-corrected chi connectivity index (χ4v) is 4.25. The highest BCUT2D eigenvalue weighted by Gasteiger charge is 2.30. The van der Waals surface area contributed by atoms with Gasteiger partial charge in [0.25, 0.3) is 0 Å². The van der Waals surface area contributed by atoms with E-state index in [-0.39, 0.29) is 11.2 Å². The molecule has 1 unspecified atom stereocenters. The summed E-state index contributed by atoms with van der Waals surface area (Å²) in [6, 6.07) is 15.0. The smallest absolute Gasteiger partial charge is 0.356 e. The molecule has 0 spiro atoms. The molecular formula is C21H18Cl2N2O2. The van der Waals surface area contributed by atoms with Gasteiger partial charge in [-0.05, 0) is 43.0 Å². The van der Waals surface area contributed by atoms with Crippen molar-refractivity contribution in [2.75, 3.05) is 11.4 Å². The quantitative estimate of drug-likeness (QED) is 0.445. The summed E-state index contributed by atoms with van der Waals surface area (Å²) in [5, 5.41) is 11.4. The number of halogens is 2. The molecule has 1 aliphatic rings. The van der Waals surface area contributed by atoms with Crippen LogP contribution in [-0.2, 0) is 0 Å². The average molecular weight is 401 g/mol. The lowest BCUT2D eigenvalue weighted by Crippen LogP contribution is -2.37. The van der Waals surface area contributed by atoms with Crippen LogP contribution in [0.1, 0.15) is 29.8 Å². The minimum atomic E-state index is -1.06.